The van der Waals surface area contributed by atoms with E-state index in [1.165, 1.54) is 72.1 Å². The summed E-state index contributed by atoms with van der Waals surface area (Å²) in [5.74, 6) is 2.21. The molecule has 11 nitrogen and oxygen atoms in total. The molecule has 4 aromatic rings. The molecule has 0 spiro atoms. The first kappa shape index (κ1) is 26.8. The van der Waals surface area contributed by atoms with E-state index < -0.39 is 27.4 Å². The molecule has 0 bridgehead atoms. The van der Waals surface area contributed by atoms with Gasteiger partial charge in [0.15, 0.2) is 0 Å². The first-order chi connectivity index (χ1) is 18.1. The number of pyridine rings is 1. The van der Waals surface area contributed by atoms with E-state index in [1.54, 1.807) is 6.07 Å². The molecule has 2 aromatic heterocycles. The maximum absolute atomic E-state index is 13.0. The maximum Gasteiger partial charge on any atom is 0.258 e. The molecule has 4 rings (SSSR count). The Labute approximate surface area is 227 Å². The Morgan fingerprint density at radius 2 is 1.68 bits per heavy atom. The molecule has 1 atom stereocenters. The molecule has 0 aliphatic carbocycles. The molecule has 194 valence electrons. The van der Waals surface area contributed by atoms with Crippen LogP contribution in [0.3, 0.4) is 0 Å². The van der Waals surface area contributed by atoms with Crippen molar-refractivity contribution in [3.8, 4) is 0 Å². The Kier molecular flexibility index (Phi) is 8.05. The van der Waals surface area contributed by atoms with Gasteiger partial charge in [-0.25, -0.2) is 18.9 Å². The molecule has 2 heterocycles. The third-order valence-electron chi connectivity index (χ3n) is 4.99. The molecule has 1 unspecified atom stereocenters. The van der Waals surface area contributed by atoms with Crippen LogP contribution in [0.2, 0.25) is 10.0 Å². The average Bonchev–Trinajstić information content (AvgIpc) is 3.39. The van der Waals surface area contributed by atoms with Crippen molar-refractivity contribution >= 4 is 68.0 Å². The summed E-state index contributed by atoms with van der Waals surface area (Å²) in [4.78, 5) is 45.9. The lowest BCUT2D eigenvalue weighted by molar-refractivity contribution is -0.120. The van der Waals surface area contributed by atoms with Crippen LogP contribution in [0.1, 0.15) is 20.7 Å². The number of rotatable bonds is 8. The van der Waals surface area contributed by atoms with Crippen molar-refractivity contribution in [1.82, 2.24) is 24.5 Å². The standard InChI is InChI=1S/C24H19Cl2N7O4S/c1-38(37,32-22(34)12-33-14-27-13-29-33)18-6-2-15(3-7-18)23(35)30-20-8-4-16(25)10-19(20)24(36)31-21-9-5-17(26)11-28-21/h2-11,13-14H,1,12H2,(H,30,35)(H,28,31,36)(H,32,34,37). The number of hydrogen-bond acceptors (Lipinski definition) is 7. The topological polar surface area (TPSA) is 148 Å². The van der Waals surface area contributed by atoms with Crippen molar-refractivity contribution < 1.29 is 18.6 Å². The molecule has 0 radical (unpaired) electrons. The zero-order valence-corrected chi connectivity index (χ0v) is 21.8. The largest absolute Gasteiger partial charge is 0.321 e. The van der Waals surface area contributed by atoms with Gasteiger partial charge in [0.2, 0.25) is 0 Å². The lowest BCUT2D eigenvalue weighted by Gasteiger charge is -2.13. The van der Waals surface area contributed by atoms with Crippen molar-refractivity contribution in [2.24, 2.45) is 0 Å². The Morgan fingerprint density at radius 1 is 0.947 bits per heavy atom. The summed E-state index contributed by atoms with van der Waals surface area (Å²) in [5, 5.41) is 9.81. The van der Waals surface area contributed by atoms with Gasteiger partial charge < -0.3 is 10.6 Å². The number of halogens is 2. The first-order valence-corrected chi connectivity index (χ1v) is 13.2. The van der Waals surface area contributed by atoms with Gasteiger partial charge >= 0.3 is 0 Å². The van der Waals surface area contributed by atoms with Crippen LogP contribution in [0.5, 0.6) is 0 Å². The van der Waals surface area contributed by atoms with Gasteiger partial charge in [0, 0.05) is 21.7 Å². The monoisotopic (exact) mass is 571 g/mol. The second-order valence-corrected chi connectivity index (χ2v) is 10.7. The van der Waals surface area contributed by atoms with Crippen LogP contribution < -0.4 is 15.4 Å². The van der Waals surface area contributed by atoms with E-state index in [4.69, 9.17) is 23.2 Å². The number of carbonyl (C=O) groups excluding carboxylic acids is 3. The number of benzene rings is 2. The number of aromatic nitrogens is 4. The van der Waals surface area contributed by atoms with Crippen molar-refractivity contribution in [3.63, 3.8) is 0 Å². The van der Waals surface area contributed by atoms with Crippen LogP contribution >= 0.6 is 23.2 Å². The highest BCUT2D eigenvalue weighted by molar-refractivity contribution is 7.99. The summed E-state index contributed by atoms with van der Waals surface area (Å²) >= 11 is 11.9. The van der Waals surface area contributed by atoms with Crippen LogP contribution in [0.25, 0.3) is 0 Å². The van der Waals surface area contributed by atoms with E-state index in [9.17, 15) is 18.6 Å². The molecule has 3 amide bonds. The molecule has 0 aliphatic heterocycles. The van der Waals surface area contributed by atoms with Gasteiger partial charge in [-0.3, -0.25) is 19.1 Å². The van der Waals surface area contributed by atoms with Gasteiger partial charge in [-0.1, -0.05) is 23.2 Å². The SMILES string of the molecule is C=S(=O)(NC(=O)Cn1cncn1)c1ccc(C(=O)Nc2ccc(Cl)cc2C(=O)Nc2ccc(Cl)cn2)cc1. The van der Waals surface area contributed by atoms with Crippen molar-refractivity contribution in [2.75, 3.05) is 10.6 Å². The zero-order valence-electron chi connectivity index (χ0n) is 19.4. The second kappa shape index (κ2) is 11.4. The maximum atomic E-state index is 13.0. The van der Waals surface area contributed by atoms with Gasteiger partial charge in [0.05, 0.1) is 26.0 Å². The van der Waals surface area contributed by atoms with Gasteiger partial charge in [0.1, 0.15) is 25.0 Å². The number of nitrogens with one attached hydrogen (secondary N) is 3. The van der Waals surface area contributed by atoms with Gasteiger partial charge in [0.25, 0.3) is 17.7 Å². The second-order valence-electron chi connectivity index (χ2n) is 7.78. The molecule has 0 fully saturated rings. The number of amides is 3. The van der Waals surface area contributed by atoms with Crippen LogP contribution in [0, 0.1) is 0 Å². The fourth-order valence-corrected chi connectivity index (χ4v) is 4.61. The lowest BCUT2D eigenvalue weighted by atomic mass is 10.1. The van der Waals surface area contributed by atoms with E-state index in [0.29, 0.717) is 5.02 Å². The lowest BCUT2D eigenvalue weighted by Crippen LogP contribution is -2.33. The molecule has 38 heavy (non-hydrogen) atoms. The fourth-order valence-electron chi connectivity index (χ4n) is 3.20. The highest BCUT2D eigenvalue weighted by Gasteiger charge is 2.17. The Morgan fingerprint density at radius 3 is 2.34 bits per heavy atom. The zero-order chi connectivity index (χ0) is 27.3. The smallest absolute Gasteiger partial charge is 0.258 e. The molecule has 0 aliphatic rings. The third kappa shape index (κ3) is 6.73. The molecule has 2 aromatic carbocycles. The van der Waals surface area contributed by atoms with Gasteiger partial charge in [-0.05, 0) is 60.5 Å². The highest BCUT2D eigenvalue weighted by atomic mass is 35.5. The summed E-state index contributed by atoms with van der Waals surface area (Å²) < 4.78 is 16.6. The van der Waals surface area contributed by atoms with Gasteiger partial charge in [-0.2, -0.15) is 5.10 Å². The molecule has 14 heteroatoms. The number of carbonyl (C=O) groups is 3. The highest BCUT2D eigenvalue weighted by Crippen LogP contribution is 2.23. The molecular weight excluding hydrogens is 553 g/mol. The first-order valence-electron chi connectivity index (χ1n) is 10.7. The summed E-state index contributed by atoms with van der Waals surface area (Å²) in [6, 6.07) is 13.2. The van der Waals surface area contributed by atoms with Crippen LogP contribution in [-0.2, 0) is 21.0 Å². The molecule has 0 saturated carbocycles. The Balaban J connectivity index is 1.46. The third-order valence-corrected chi connectivity index (χ3v) is 7.04. The average molecular weight is 572 g/mol. The van der Waals surface area contributed by atoms with E-state index >= 15 is 0 Å². The van der Waals surface area contributed by atoms with Crippen molar-refractivity contribution in [3.05, 3.63) is 94.6 Å². The van der Waals surface area contributed by atoms with Crippen LogP contribution in [0.4, 0.5) is 11.5 Å². The predicted molar refractivity (Wildman–Crippen MR) is 145 cm³/mol. The van der Waals surface area contributed by atoms with E-state index in [2.05, 4.69) is 36.3 Å². The van der Waals surface area contributed by atoms with E-state index in [0.717, 1.165) is 0 Å². The van der Waals surface area contributed by atoms with Crippen molar-refractivity contribution in [1.29, 1.82) is 0 Å². The fraction of sp³-hybridized carbons (Fsp3) is 0.0417. The van der Waals surface area contributed by atoms with Crippen LogP contribution in [0.15, 0.2) is 78.3 Å². The Bertz CT molecular complexity index is 1590. The van der Waals surface area contributed by atoms with Crippen molar-refractivity contribution in [2.45, 2.75) is 11.4 Å². The minimum absolute atomic E-state index is 0.107. The summed E-state index contributed by atoms with van der Waals surface area (Å²) in [5.41, 5.74) is 0.518. The van der Waals surface area contributed by atoms with E-state index in [1.807, 2.05) is 0 Å². The molecule has 3 N–H and O–H groups in total. The Hall–Kier alpha value is -4.26. The quantitative estimate of drug-likeness (QED) is 0.275. The number of anilines is 2. The van der Waals surface area contributed by atoms with Crippen LogP contribution in [-0.4, -0.2) is 47.5 Å². The minimum Gasteiger partial charge on any atom is -0.321 e. The minimum atomic E-state index is -3.19. The summed E-state index contributed by atoms with van der Waals surface area (Å²) in [6.45, 7) is -0.182. The predicted octanol–water partition coefficient (Wildman–Crippen LogP) is 3.29. The number of nitrogens with zero attached hydrogens (tertiary/aromatic N) is 4. The molecular formula is C24H19Cl2N7O4S. The van der Waals surface area contributed by atoms with E-state index in [-0.39, 0.29) is 39.1 Å². The van der Waals surface area contributed by atoms with Gasteiger partial charge in [-0.15, -0.1) is 0 Å². The number of hydrogen-bond donors (Lipinski definition) is 3. The normalized spacial score (nSPS) is 12.3. The molecule has 0 saturated heterocycles. The summed E-state index contributed by atoms with van der Waals surface area (Å²) in [7, 11) is -3.19. The summed E-state index contributed by atoms with van der Waals surface area (Å²) in [6.07, 6.45) is 4.00.